The summed E-state index contributed by atoms with van der Waals surface area (Å²) in [6, 6.07) is 0. The summed E-state index contributed by atoms with van der Waals surface area (Å²) in [5, 5.41) is 0. The number of likely N-dealkylation sites (tertiary alicyclic amines) is 1. The van der Waals surface area contributed by atoms with Crippen molar-refractivity contribution in [3.8, 4) is 0 Å². The van der Waals surface area contributed by atoms with Crippen molar-refractivity contribution in [2.45, 2.75) is 51.4 Å². The zero-order chi connectivity index (χ0) is 11.0. The Morgan fingerprint density at radius 3 is 2.00 bits per heavy atom. The monoisotopic (exact) mass is 230 g/mol. The average molecular weight is 230 g/mol. The summed E-state index contributed by atoms with van der Waals surface area (Å²) in [6.07, 6.45) is 11.3. The van der Waals surface area contributed by atoms with Gasteiger partial charge in [0.1, 0.15) is 0 Å². The van der Waals surface area contributed by atoms with Gasteiger partial charge < -0.3 is 4.48 Å². The van der Waals surface area contributed by atoms with Gasteiger partial charge in [0.05, 0.1) is 26.7 Å². The summed E-state index contributed by atoms with van der Waals surface area (Å²) < 4.78 is 1.36. The normalized spacial score (nSPS) is 19.6. The maximum absolute atomic E-state index is 4.23. The topological polar surface area (TPSA) is 0 Å². The van der Waals surface area contributed by atoms with Crippen LogP contribution in [0.3, 0.4) is 0 Å². The minimum absolute atomic E-state index is 1.06. The van der Waals surface area contributed by atoms with Crippen LogP contribution in [0.1, 0.15) is 51.4 Å². The van der Waals surface area contributed by atoms with Gasteiger partial charge in [-0.2, -0.15) is 12.6 Å². The van der Waals surface area contributed by atoms with Crippen molar-refractivity contribution in [3.63, 3.8) is 0 Å². The van der Waals surface area contributed by atoms with Gasteiger partial charge in [-0.05, 0) is 25.0 Å². The number of hydrogen-bond donors (Lipinski definition) is 1. The van der Waals surface area contributed by atoms with Crippen molar-refractivity contribution in [3.05, 3.63) is 0 Å². The smallest absolute Gasteiger partial charge is 0.0786 e. The number of unbranched alkanes of at least 4 members (excludes halogenated alkanes) is 5. The van der Waals surface area contributed by atoms with E-state index < -0.39 is 0 Å². The quantitative estimate of drug-likeness (QED) is 0.368. The van der Waals surface area contributed by atoms with E-state index in [0.717, 1.165) is 5.75 Å². The molecule has 0 bridgehead atoms. The molecule has 1 heterocycles. The SMILES string of the molecule is C[N+]1(CCCCCCCCS)CCCC1. The van der Waals surface area contributed by atoms with Crippen LogP contribution < -0.4 is 0 Å². The molecule has 2 heteroatoms. The lowest BCUT2D eigenvalue weighted by Crippen LogP contribution is -2.41. The van der Waals surface area contributed by atoms with E-state index in [1.807, 2.05) is 0 Å². The fourth-order valence-corrected chi connectivity index (χ4v) is 2.86. The fourth-order valence-electron chi connectivity index (χ4n) is 2.63. The van der Waals surface area contributed by atoms with E-state index in [1.165, 1.54) is 75.5 Å². The molecule has 0 N–H and O–H groups in total. The second-order valence-corrected chi connectivity index (χ2v) is 5.79. The Morgan fingerprint density at radius 1 is 0.867 bits per heavy atom. The van der Waals surface area contributed by atoms with Crippen molar-refractivity contribution >= 4 is 12.6 Å². The van der Waals surface area contributed by atoms with Crippen LogP contribution in [0.15, 0.2) is 0 Å². The predicted octanol–water partition coefficient (Wildman–Crippen LogP) is 3.50. The van der Waals surface area contributed by atoms with E-state index in [9.17, 15) is 0 Å². The summed E-state index contributed by atoms with van der Waals surface area (Å²) in [5.41, 5.74) is 0. The third-order valence-electron chi connectivity index (χ3n) is 3.75. The van der Waals surface area contributed by atoms with Crippen LogP contribution in [-0.2, 0) is 0 Å². The number of rotatable bonds is 8. The van der Waals surface area contributed by atoms with Gasteiger partial charge in [0.15, 0.2) is 0 Å². The van der Waals surface area contributed by atoms with Gasteiger partial charge in [-0.15, -0.1) is 0 Å². The van der Waals surface area contributed by atoms with E-state index in [0.29, 0.717) is 0 Å². The minimum Gasteiger partial charge on any atom is -0.326 e. The number of hydrogen-bond acceptors (Lipinski definition) is 1. The van der Waals surface area contributed by atoms with Crippen molar-refractivity contribution in [1.29, 1.82) is 0 Å². The first-order valence-electron chi connectivity index (χ1n) is 6.71. The van der Waals surface area contributed by atoms with Crippen LogP contribution in [0, 0.1) is 0 Å². The van der Waals surface area contributed by atoms with Gasteiger partial charge >= 0.3 is 0 Å². The molecule has 1 aliphatic rings. The molecule has 1 rings (SSSR count). The molecule has 0 aromatic carbocycles. The Hall–Kier alpha value is 0.310. The zero-order valence-electron chi connectivity index (χ0n) is 10.4. The maximum atomic E-state index is 4.23. The molecule has 0 amide bonds. The summed E-state index contributed by atoms with van der Waals surface area (Å²) in [5.74, 6) is 1.06. The second-order valence-electron chi connectivity index (χ2n) is 5.34. The lowest BCUT2D eigenvalue weighted by molar-refractivity contribution is -0.897. The number of quaternary nitrogens is 1. The van der Waals surface area contributed by atoms with E-state index in [2.05, 4.69) is 19.7 Å². The molecule has 1 nitrogen and oxygen atoms in total. The van der Waals surface area contributed by atoms with Crippen LogP contribution in [0.25, 0.3) is 0 Å². The Balaban J connectivity index is 1.88. The van der Waals surface area contributed by atoms with E-state index in [1.54, 1.807) is 0 Å². The van der Waals surface area contributed by atoms with E-state index in [4.69, 9.17) is 0 Å². The minimum atomic E-state index is 1.06. The first-order valence-corrected chi connectivity index (χ1v) is 7.34. The van der Waals surface area contributed by atoms with Gasteiger partial charge in [-0.25, -0.2) is 0 Å². The molecule has 0 aromatic heterocycles. The average Bonchev–Trinajstić information content (AvgIpc) is 2.64. The van der Waals surface area contributed by atoms with Crippen molar-refractivity contribution in [1.82, 2.24) is 0 Å². The highest BCUT2D eigenvalue weighted by atomic mass is 32.1. The first kappa shape index (κ1) is 13.4. The number of nitrogens with zero attached hydrogens (tertiary/aromatic N) is 1. The summed E-state index contributed by atoms with van der Waals surface area (Å²) >= 11 is 4.23. The molecule has 0 radical (unpaired) electrons. The highest BCUT2D eigenvalue weighted by Gasteiger charge is 2.25. The first-order chi connectivity index (χ1) is 7.27. The maximum Gasteiger partial charge on any atom is 0.0786 e. The largest absolute Gasteiger partial charge is 0.326 e. The Kier molecular flexibility index (Phi) is 6.74. The van der Waals surface area contributed by atoms with Gasteiger partial charge in [0.25, 0.3) is 0 Å². The van der Waals surface area contributed by atoms with Gasteiger partial charge in [0, 0.05) is 12.8 Å². The van der Waals surface area contributed by atoms with Crippen LogP contribution in [0.4, 0.5) is 0 Å². The van der Waals surface area contributed by atoms with E-state index in [-0.39, 0.29) is 0 Å². The second kappa shape index (κ2) is 7.56. The molecule has 0 atom stereocenters. The van der Waals surface area contributed by atoms with E-state index >= 15 is 0 Å². The summed E-state index contributed by atoms with van der Waals surface area (Å²) in [7, 11) is 2.44. The van der Waals surface area contributed by atoms with Gasteiger partial charge in [-0.1, -0.05) is 19.3 Å². The lowest BCUT2D eigenvalue weighted by atomic mass is 10.1. The molecule has 90 valence electrons. The van der Waals surface area contributed by atoms with Crippen LogP contribution in [0.2, 0.25) is 0 Å². The Bertz CT molecular complexity index is 153. The van der Waals surface area contributed by atoms with Gasteiger partial charge in [0.2, 0.25) is 0 Å². The standard InChI is InChI=1S/C13H27NS/c1-14(11-7-8-12-14)10-6-4-2-3-5-9-13-15/h2-13H2,1H3/p+1. The van der Waals surface area contributed by atoms with Crippen LogP contribution in [-0.4, -0.2) is 36.9 Å². The van der Waals surface area contributed by atoms with Crippen LogP contribution >= 0.6 is 12.6 Å². The molecule has 0 aliphatic carbocycles. The number of thiol groups is 1. The molecule has 1 aliphatic heterocycles. The highest BCUT2D eigenvalue weighted by molar-refractivity contribution is 7.80. The Morgan fingerprint density at radius 2 is 1.40 bits per heavy atom. The Labute approximate surface area is 101 Å². The summed E-state index contributed by atoms with van der Waals surface area (Å²) in [6.45, 7) is 4.28. The predicted molar refractivity (Wildman–Crippen MR) is 71.6 cm³/mol. The zero-order valence-corrected chi connectivity index (χ0v) is 11.3. The molecule has 0 unspecified atom stereocenters. The molecular weight excluding hydrogens is 202 g/mol. The van der Waals surface area contributed by atoms with Crippen molar-refractivity contribution in [2.75, 3.05) is 32.4 Å². The molecule has 0 aromatic rings. The molecule has 0 saturated carbocycles. The van der Waals surface area contributed by atoms with Gasteiger partial charge in [-0.3, -0.25) is 0 Å². The molecule has 0 spiro atoms. The molecule has 15 heavy (non-hydrogen) atoms. The molecule has 1 fully saturated rings. The molecule has 1 saturated heterocycles. The van der Waals surface area contributed by atoms with Crippen molar-refractivity contribution < 1.29 is 4.48 Å². The third-order valence-corrected chi connectivity index (χ3v) is 4.07. The fraction of sp³-hybridized carbons (Fsp3) is 1.00. The highest BCUT2D eigenvalue weighted by Crippen LogP contribution is 2.18. The third kappa shape index (κ3) is 5.82. The van der Waals surface area contributed by atoms with Crippen LogP contribution in [0.5, 0.6) is 0 Å². The van der Waals surface area contributed by atoms with Crippen molar-refractivity contribution in [2.24, 2.45) is 0 Å². The summed E-state index contributed by atoms with van der Waals surface area (Å²) in [4.78, 5) is 0. The lowest BCUT2D eigenvalue weighted by Gasteiger charge is -2.29. The molecular formula is C13H28NS+.